The van der Waals surface area contributed by atoms with Crippen LogP contribution in [0.4, 0.5) is 0 Å². The van der Waals surface area contributed by atoms with Crippen LogP contribution in [0.3, 0.4) is 0 Å². The predicted octanol–water partition coefficient (Wildman–Crippen LogP) is 4.77. The molecule has 0 bridgehead atoms. The number of hydrogen-bond acceptors (Lipinski definition) is 3. The highest BCUT2D eigenvalue weighted by Gasteiger charge is 2.06. The maximum Gasteiger partial charge on any atom is 0.277 e. The van der Waals surface area contributed by atoms with E-state index in [-0.39, 0.29) is 12.5 Å². The van der Waals surface area contributed by atoms with E-state index in [2.05, 4.69) is 57.3 Å². The van der Waals surface area contributed by atoms with Gasteiger partial charge in [-0.1, -0.05) is 58.0 Å². The average Bonchev–Trinajstić information content (AvgIpc) is 2.60. The van der Waals surface area contributed by atoms with E-state index in [9.17, 15) is 4.79 Å². The minimum atomic E-state index is -0.286. The summed E-state index contributed by atoms with van der Waals surface area (Å²) in [5.41, 5.74) is 7.16. The molecule has 0 aliphatic rings. The van der Waals surface area contributed by atoms with Crippen molar-refractivity contribution in [3.8, 4) is 5.75 Å². The molecule has 2 rings (SSSR count). The van der Waals surface area contributed by atoms with Gasteiger partial charge >= 0.3 is 0 Å². The number of carbonyl (C=O) groups excluding carboxylic acids is 1. The average molecular weight is 352 g/mol. The first-order valence-electron chi connectivity index (χ1n) is 9.02. The van der Waals surface area contributed by atoms with Crippen molar-refractivity contribution in [1.82, 2.24) is 5.43 Å². The van der Waals surface area contributed by atoms with E-state index >= 15 is 0 Å². The molecule has 4 nitrogen and oxygen atoms in total. The van der Waals surface area contributed by atoms with E-state index in [1.807, 2.05) is 30.3 Å². The first kappa shape index (κ1) is 19.7. The monoisotopic (exact) mass is 352 g/mol. The van der Waals surface area contributed by atoms with Crippen molar-refractivity contribution < 1.29 is 9.53 Å². The molecule has 2 aromatic carbocycles. The normalized spacial score (nSPS) is 11.3. The molecule has 26 heavy (non-hydrogen) atoms. The summed E-state index contributed by atoms with van der Waals surface area (Å²) in [6.07, 6.45) is 1.63. The van der Waals surface area contributed by atoms with E-state index in [1.54, 1.807) is 6.21 Å². The highest BCUT2D eigenvalue weighted by molar-refractivity contribution is 5.82. The summed E-state index contributed by atoms with van der Waals surface area (Å²) < 4.78 is 5.54. The number of ether oxygens (including phenoxy) is 1. The predicted molar refractivity (Wildman–Crippen MR) is 107 cm³/mol. The molecule has 4 heteroatoms. The van der Waals surface area contributed by atoms with Crippen LogP contribution in [0.25, 0.3) is 0 Å². The Morgan fingerprint density at radius 1 is 1.08 bits per heavy atom. The molecule has 0 aliphatic heterocycles. The van der Waals surface area contributed by atoms with Gasteiger partial charge in [0.05, 0.1) is 6.21 Å². The summed E-state index contributed by atoms with van der Waals surface area (Å²) in [5, 5.41) is 3.98. The lowest BCUT2D eigenvalue weighted by Crippen LogP contribution is -2.24. The van der Waals surface area contributed by atoms with Gasteiger partial charge in [0.25, 0.3) is 5.91 Å². The summed E-state index contributed by atoms with van der Waals surface area (Å²) in [6, 6.07) is 14.0. The Hall–Kier alpha value is -2.62. The van der Waals surface area contributed by atoms with Gasteiger partial charge < -0.3 is 4.74 Å². The minimum absolute atomic E-state index is 0.0654. The van der Waals surface area contributed by atoms with Crippen LogP contribution in [0.15, 0.2) is 47.6 Å². The number of aryl methyl sites for hydroxylation is 1. The topological polar surface area (TPSA) is 50.7 Å². The van der Waals surface area contributed by atoms with Gasteiger partial charge in [0.15, 0.2) is 6.61 Å². The van der Waals surface area contributed by atoms with E-state index in [0.717, 1.165) is 5.56 Å². The molecule has 0 aromatic heterocycles. The number of hydrazone groups is 1. The number of benzene rings is 2. The van der Waals surface area contributed by atoms with Crippen molar-refractivity contribution in [2.45, 2.75) is 46.5 Å². The molecule has 0 radical (unpaired) electrons. The van der Waals surface area contributed by atoms with Crippen LogP contribution in [-0.4, -0.2) is 18.7 Å². The van der Waals surface area contributed by atoms with Crippen LogP contribution in [-0.2, 0) is 4.79 Å². The van der Waals surface area contributed by atoms with Crippen molar-refractivity contribution in [3.05, 3.63) is 64.7 Å². The third-order valence-corrected chi connectivity index (χ3v) is 4.24. The van der Waals surface area contributed by atoms with Gasteiger partial charge in [-0.05, 0) is 53.1 Å². The van der Waals surface area contributed by atoms with Crippen molar-refractivity contribution in [1.29, 1.82) is 0 Å². The number of rotatable bonds is 7. The molecule has 138 valence electrons. The smallest absolute Gasteiger partial charge is 0.277 e. The van der Waals surface area contributed by atoms with Crippen LogP contribution in [0.5, 0.6) is 5.75 Å². The second-order valence-electron chi connectivity index (χ2n) is 7.08. The summed E-state index contributed by atoms with van der Waals surface area (Å²) in [4.78, 5) is 11.9. The van der Waals surface area contributed by atoms with Crippen molar-refractivity contribution in [3.63, 3.8) is 0 Å². The molecular formula is C22H28N2O2. The molecule has 0 spiro atoms. The van der Waals surface area contributed by atoms with Gasteiger partial charge in [0.1, 0.15) is 5.75 Å². The number of carbonyl (C=O) groups is 1. The molecule has 2 aromatic rings. The molecule has 0 heterocycles. The van der Waals surface area contributed by atoms with E-state index in [0.29, 0.717) is 17.6 Å². The maximum absolute atomic E-state index is 11.9. The SMILES string of the molecule is Cc1cc(OCC(=O)N/N=C/c2ccc(C(C)C)cc2)ccc1C(C)C. The van der Waals surface area contributed by atoms with E-state index in [4.69, 9.17) is 4.74 Å². The second kappa shape index (κ2) is 9.18. The van der Waals surface area contributed by atoms with Crippen LogP contribution >= 0.6 is 0 Å². The van der Waals surface area contributed by atoms with Crippen molar-refractivity contribution >= 4 is 12.1 Å². The standard InChI is InChI=1S/C22H28N2O2/c1-15(2)19-8-6-18(7-9-19)13-23-24-22(25)14-26-20-10-11-21(16(3)4)17(5)12-20/h6-13,15-16H,14H2,1-5H3,(H,24,25)/b23-13+. The first-order valence-corrected chi connectivity index (χ1v) is 9.02. The Labute approximate surface area is 156 Å². The van der Waals surface area contributed by atoms with Crippen LogP contribution in [0, 0.1) is 6.92 Å². The Morgan fingerprint density at radius 3 is 2.35 bits per heavy atom. The summed E-state index contributed by atoms with van der Waals surface area (Å²) in [5.74, 6) is 1.37. The fraction of sp³-hybridized carbons (Fsp3) is 0.364. The van der Waals surface area contributed by atoms with E-state index < -0.39 is 0 Å². The molecule has 0 atom stereocenters. The number of amides is 1. The molecule has 1 amide bonds. The lowest BCUT2D eigenvalue weighted by Gasteiger charge is -2.12. The van der Waals surface area contributed by atoms with Crippen molar-refractivity contribution in [2.75, 3.05) is 6.61 Å². The number of hydrogen-bond donors (Lipinski definition) is 1. The largest absolute Gasteiger partial charge is 0.484 e. The molecule has 1 N–H and O–H groups in total. The Balaban J connectivity index is 1.82. The lowest BCUT2D eigenvalue weighted by atomic mass is 9.98. The fourth-order valence-corrected chi connectivity index (χ4v) is 2.71. The van der Waals surface area contributed by atoms with Gasteiger partial charge in [-0.15, -0.1) is 0 Å². The fourth-order valence-electron chi connectivity index (χ4n) is 2.71. The third kappa shape index (κ3) is 5.73. The van der Waals surface area contributed by atoms with Crippen LogP contribution < -0.4 is 10.2 Å². The maximum atomic E-state index is 11.9. The zero-order valence-corrected chi connectivity index (χ0v) is 16.2. The Bertz CT molecular complexity index is 762. The first-order chi connectivity index (χ1) is 12.4. The van der Waals surface area contributed by atoms with Crippen LogP contribution in [0.2, 0.25) is 0 Å². The number of nitrogens with zero attached hydrogens (tertiary/aromatic N) is 1. The molecule has 0 saturated heterocycles. The molecule has 0 unspecified atom stereocenters. The minimum Gasteiger partial charge on any atom is -0.484 e. The Kier molecular flexibility index (Phi) is 6.96. The molecule has 0 fully saturated rings. The Morgan fingerprint density at radius 2 is 1.77 bits per heavy atom. The van der Waals surface area contributed by atoms with Gasteiger partial charge in [-0.2, -0.15) is 5.10 Å². The zero-order valence-electron chi connectivity index (χ0n) is 16.2. The van der Waals surface area contributed by atoms with Gasteiger partial charge in [0.2, 0.25) is 0 Å². The highest BCUT2D eigenvalue weighted by atomic mass is 16.5. The quantitative estimate of drug-likeness (QED) is 0.576. The van der Waals surface area contributed by atoms with E-state index in [1.165, 1.54) is 16.7 Å². The van der Waals surface area contributed by atoms with Gasteiger partial charge in [-0.25, -0.2) is 5.43 Å². The highest BCUT2D eigenvalue weighted by Crippen LogP contribution is 2.23. The lowest BCUT2D eigenvalue weighted by molar-refractivity contribution is -0.123. The molecule has 0 saturated carbocycles. The summed E-state index contributed by atoms with van der Waals surface area (Å²) in [6.45, 7) is 10.6. The van der Waals surface area contributed by atoms with Gasteiger partial charge in [0, 0.05) is 0 Å². The number of nitrogens with one attached hydrogen (secondary N) is 1. The summed E-state index contributed by atoms with van der Waals surface area (Å²) >= 11 is 0. The van der Waals surface area contributed by atoms with Crippen LogP contribution in [0.1, 0.15) is 61.8 Å². The van der Waals surface area contributed by atoms with Crippen molar-refractivity contribution in [2.24, 2.45) is 5.10 Å². The van der Waals surface area contributed by atoms with Gasteiger partial charge in [-0.3, -0.25) is 4.79 Å². The second-order valence-corrected chi connectivity index (χ2v) is 7.08. The molecule has 0 aliphatic carbocycles. The third-order valence-electron chi connectivity index (χ3n) is 4.24. The molecular weight excluding hydrogens is 324 g/mol. The summed E-state index contributed by atoms with van der Waals surface area (Å²) in [7, 11) is 0. The zero-order chi connectivity index (χ0) is 19.1.